The number of hydrogen-bond donors (Lipinski definition) is 3. The number of hydrogen-bond acceptors (Lipinski definition) is 3. The summed E-state index contributed by atoms with van der Waals surface area (Å²) in [6.45, 7) is 6.40. The third-order valence-electron chi connectivity index (χ3n) is 3.04. The lowest BCUT2D eigenvalue weighted by molar-refractivity contribution is -0.121. The molecule has 4 nitrogen and oxygen atoms in total. The zero-order valence-electron chi connectivity index (χ0n) is 9.75. The van der Waals surface area contributed by atoms with Crippen molar-refractivity contribution in [3.8, 4) is 0 Å². The minimum atomic E-state index is 0.0873. The molecular weight excluding hydrogens is 190 g/mol. The first-order valence-corrected chi connectivity index (χ1v) is 5.87. The highest BCUT2D eigenvalue weighted by molar-refractivity contribution is 5.76. The molecule has 0 heterocycles. The third kappa shape index (κ3) is 4.62. The fourth-order valence-electron chi connectivity index (χ4n) is 1.73. The molecule has 4 heteroatoms. The van der Waals surface area contributed by atoms with Gasteiger partial charge >= 0.3 is 0 Å². The van der Waals surface area contributed by atoms with E-state index in [0.29, 0.717) is 19.5 Å². The Hall–Kier alpha value is -0.610. The molecule has 0 radical (unpaired) electrons. The van der Waals surface area contributed by atoms with Gasteiger partial charge < -0.3 is 16.4 Å². The first kappa shape index (κ1) is 12.5. The molecule has 0 aromatic carbocycles. The van der Waals surface area contributed by atoms with Crippen LogP contribution in [0.3, 0.4) is 0 Å². The molecule has 0 aromatic heterocycles. The fourth-order valence-corrected chi connectivity index (χ4v) is 1.73. The number of carbonyl (C=O) groups excluding carboxylic acids is 1. The SMILES string of the molecule is CCNC(=O)CC(CN)NCC1CC1C. The van der Waals surface area contributed by atoms with E-state index in [1.165, 1.54) is 6.42 Å². The standard InChI is InChI=1S/C11H23N3O/c1-3-13-11(15)5-10(6-12)14-7-9-4-8(9)2/h8-10,14H,3-7,12H2,1-2H3,(H,13,15). The van der Waals surface area contributed by atoms with E-state index in [1.54, 1.807) is 0 Å². The van der Waals surface area contributed by atoms with E-state index >= 15 is 0 Å². The molecule has 1 saturated carbocycles. The lowest BCUT2D eigenvalue weighted by Crippen LogP contribution is -2.41. The van der Waals surface area contributed by atoms with Crippen LogP contribution in [0.2, 0.25) is 0 Å². The molecule has 1 amide bonds. The molecule has 0 bridgehead atoms. The number of nitrogens with one attached hydrogen (secondary N) is 2. The van der Waals surface area contributed by atoms with Crippen LogP contribution in [0.5, 0.6) is 0 Å². The third-order valence-corrected chi connectivity index (χ3v) is 3.04. The molecule has 1 fully saturated rings. The van der Waals surface area contributed by atoms with Gasteiger partial charge in [0.2, 0.25) is 5.91 Å². The van der Waals surface area contributed by atoms with Crippen LogP contribution >= 0.6 is 0 Å². The molecule has 0 aliphatic heterocycles. The zero-order chi connectivity index (χ0) is 11.3. The summed E-state index contributed by atoms with van der Waals surface area (Å²) in [6.07, 6.45) is 1.80. The Kier molecular flexibility index (Phi) is 5.05. The van der Waals surface area contributed by atoms with Crippen molar-refractivity contribution in [2.24, 2.45) is 17.6 Å². The summed E-state index contributed by atoms with van der Waals surface area (Å²) in [6, 6.07) is 0.129. The van der Waals surface area contributed by atoms with Crippen molar-refractivity contribution < 1.29 is 4.79 Å². The summed E-state index contributed by atoms with van der Waals surface area (Å²) in [4.78, 5) is 11.3. The molecule has 0 spiro atoms. The van der Waals surface area contributed by atoms with Gasteiger partial charge in [-0.2, -0.15) is 0 Å². The first-order valence-electron chi connectivity index (χ1n) is 5.87. The van der Waals surface area contributed by atoms with Crippen molar-refractivity contribution in [3.63, 3.8) is 0 Å². The van der Waals surface area contributed by atoms with Crippen LogP contribution < -0.4 is 16.4 Å². The lowest BCUT2D eigenvalue weighted by Gasteiger charge is -2.16. The van der Waals surface area contributed by atoms with Gasteiger partial charge in [-0.3, -0.25) is 4.79 Å². The summed E-state index contributed by atoms with van der Waals surface area (Å²) in [5, 5.41) is 6.15. The van der Waals surface area contributed by atoms with Crippen LogP contribution in [0.15, 0.2) is 0 Å². The lowest BCUT2D eigenvalue weighted by atomic mass is 10.2. The summed E-state index contributed by atoms with van der Waals surface area (Å²) in [7, 11) is 0. The molecule has 0 saturated heterocycles. The van der Waals surface area contributed by atoms with Crippen LogP contribution in [0.25, 0.3) is 0 Å². The zero-order valence-corrected chi connectivity index (χ0v) is 9.75. The normalized spacial score (nSPS) is 26.1. The van der Waals surface area contributed by atoms with E-state index in [-0.39, 0.29) is 11.9 Å². The highest BCUT2D eigenvalue weighted by Gasteiger charge is 2.32. The fraction of sp³-hybridized carbons (Fsp3) is 0.909. The van der Waals surface area contributed by atoms with E-state index in [9.17, 15) is 4.79 Å². The van der Waals surface area contributed by atoms with Crippen LogP contribution in [0.4, 0.5) is 0 Å². The molecule has 0 aromatic rings. The van der Waals surface area contributed by atoms with Crippen LogP contribution in [-0.4, -0.2) is 31.6 Å². The maximum Gasteiger partial charge on any atom is 0.221 e. The topological polar surface area (TPSA) is 67.2 Å². The van der Waals surface area contributed by atoms with E-state index < -0.39 is 0 Å². The maximum atomic E-state index is 11.3. The summed E-state index contributed by atoms with van der Waals surface area (Å²) >= 11 is 0. The average Bonchev–Trinajstić information content (AvgIpc) is 2.89. The van der Waals surface area contributed by atoms with Gasteiger partial charge in [0.25, 0.3) is 0 Å². The maximum absolute atomic E-state index is 11.3. The molecule has 15 heavy (non-hydrogen) atoms. The van der Waals surface area contributed by atoms with Gasteiger partial charge in [-0.05, 0) is 31.7 Å². The number of nitrogens with two attached hydrogens (primary N) is 1. The monoisotopic (exact) mass is 213 g/mol. The van der Waals surface area contributed by atoms with Crippen molar-refractivity contribution in [2.45, 2.75) is 32.7 Å². The Labute approximate surface area is 92.0 Å². The Morgan fingerprint density at radius 1 is 1.60 bits per heavy atom. The van der Waals surface area contributed by atoms with Crippen LogP contribution in [-0.2, 0) is 4.79 Å². The summed E-state index contributed by atoms with van der Waals surface area (Å²) < 4.78 is 0. The highest BCUT2D eigenvalue weighted by Crippen LogP contribution is 2.36. The predicted molar refractivity (Wildman–Crippen MR) is 61.4 cm³/mol. The number of carbonyl (C=O) groups is 1. The molecule has 1 aliphatic rings. The second-order valence-electron chi connectivity index (χ2n) is 4.47. The minimum absolute atomic E-state index is 0.0873. The Morgan fingerprint density at radius 3 is 2.73 bits per heavy atom. The molecule has 88 valence electrons. The van der Waals surface area contributed by atoms with Crippen molar-refractivity contribution in [2.75, 3.05) is 19.6 Å². The van der Waals surface area contributed by atoms with Gasteiger partial charge in [0.15, 0.2) is 0 Å². The largest absolute Gasteiger partial charge is 0.356 e. The molecule has 1 rings (SSSR count). The Balaban J connectivity index is 2.14. The van der Waals surface area contributed by atoms with Gasteiger partial charge in [0.1, 0.15) is 0 Å². The smallest absolute Gasteiger partial charge is 0.221 e. The molecule has 3 unspecified atom stereocenters. The first-order chi connectivity index (χ1) is 7.17. The minimum Gasteiger partial charge on any atom is -0.356 e. The quantitative estimate of drug-likeness (QED) is 0.561. The molecular formula is C11H23N3O. The van der Waals surface area contributed by atoms with Crippen LogP contribution in [0, 0.1) is 11.8 Å². The Morgan fingerprint density at radius 2 is 2.27 bits per heavy atom. The van der Waals surface area contributed by atoms with Crippen molar-refractivity contribution in [3.05, 3.63) is 0 Å². The van der Waals surface area contributed by atoms with Gasteiger partial charge in [0.05, 0.1) is 0 Å². The van der Waals surface area contributed by atoms with Crippen molar-refractivity contribution in [1.29, 1.82) is 0 Å². The second kappa shape index (κ2) is 6.08. The second-order valence-corrected chi connectivity index (χ2v) is 4.47. The summed E-state index contributed by atoms with van der Waals surface area (Å²) in [5.74, 6) is 1.73. The van der Waals surface area contributed by atoms with Gasteiger partial charge in [-0.15, -0.1) is 0 Å². The van der Waals surface area contributed by atoms with Crippen molar-refractivity contribution >= 4 is 5.91 Å². The Bertz CT molecular complexity index is 208. The van der Waals surface area contributed by atoms with E-state index in [0.717, 1.165) is 18.4 Å². The van der Waals surface area contributed by atoms with E-state index in [2.05, 4.69) is 17.6 Å². The predicted octanol–water partition coefficient (Wildman–Crippen LogP) is 0.0855. The number of rotatable bonds is 7. The molecule has 4 N–H and O–H groups in total. The van der Waals surface area contributed by atoms with Gasteiger partial charge in [0, 0.05) is 25.6 Å². The summed E-state index contributed by atoms with van der Waals surface area (Å²) in [5.41, 5.74) is 5.62. The average molecular weight is 213 g/mol. The van der Waals surface area contributed by atoms with E-state index in [4.69, 9.17) is 5.73 Å². The van der Waals surface area contributed by atoms with Crippen LogP contribution in [0.1, 0.15) is 26.7 Å². The van der Waals surface area contributed by atoms with Gasteiger partial charge in [-0.1, -0.05) is 6.92 Å². The van der Waals surface area contributed by atoms with E-state index in [1.807, 2.05) is 6.92 Å². The molecule has 3 atom stereocenters. The number of amides is 1. The molecule has 1 aliphatic carbocycles. The highest BCUT2D eigenvalue weighted by atomic mass is 16.1. The van der Waals surface area contributed by atoms with Crippen molar-refractivity contribution in [1.82, 2.24) is 10.6 Å². The van der Waals surface area contributed by atoms with Gasteiger partial charge in [-0.25, -0.2) is 0 Å².